The van der Waals surface area contributed by atoms with Crippen LogP contribution in [0.4, 0.5) is 5.69 Å². The molecule has 0 aromatic heterocycles. The Bertz CT molecular complexity index is 1000. The Balaban J connectivity index is 1.49. The summed E-state index contributed by atoms with van der Waals surface area (Å²) in [7, 11) is 4.05. The maximum absolute atomic E-state index is 12.6. The fraction of sp³-hybridized carbons (Fsp3) is 0.200. The lowest BCUT2D eigenvalue weighted by atomic mass is 10.1. The highest BCUT2D eigenvalue weighted by atomic mass is 32.2. The Morgan fingerprint density at radius 2 is 1.52 bits per heavy atom. The first-order valence-corrected chi connectivity index (χ1v) is 11.1. The van der Waals surface area contributed by atoms with Crippen molar-refractivity contribution in [1.82, 2.24) is 9.62 Å². The normalized spacial score (nSPS) is 10.7. The second kappa shape index (κ2) is 11.3. The number of benzene rings is 3. The average molecular weight is 434 g/mol. The lowest BCUT2D eigenvalue weighted by Gasteiger charge is -2.11. The third-order valence-corrected chi connectivity index (χ3v) is 5.33. The van der Waals surface area contributed by atoms with E-state index in [-0.39, 0.29) is 11.8 Å². The molecule has 0 saturated carbocycles. The molecule has 0 aliphatic rings. The van der Waals surface area contributed by atoms with Gasteiger partial charge in [-0.05, 0) is 80.0 Å². The van der Waals surface area contributed by atoms with Gasteiger partial charge in [0.2, 0.25) is 0 Å². The molecule has 160 valence electrons. The second-order valence-corrected chi connectivity index (χ2v) is 8.39. The third kappa shape index (κ3) is 7.27. The smallest absolute Gasteiger partial charge is 0.261 e. The quantitative estimate of drug-likeness (QED) is 0.382. The van der Waals surface area contributed by atoms with Gasteiger partial charge in [-0.1, -0.05) is 42.5 Å². The zero-order chi connectivity index (χ0) is 22.1. The number of hydrogen-bond acceptors (Lipinski definition) is 4. The summed E-state index contributed by atoms with van der Waals surface area (Å²) in [5.41, 5.74) is 4.28. The van der Waals surface area contributed by atoms with Gasteiger partial charge >= 0.3 is 0 Å². The van der Waals surface area contributed by atoms with Crippen LogP contribution in [0.1, 0.15) is 31.8 Å². The van der Waals surface area contributed by atoms with Crippen LogP contribution >= 0.6 is 11.9 Å². The Morgan fingerprint density at radius 3 is 2.23 bits per heavy atom. The molecule has 3 rings (SSSR count). The standard InChI is InChI=1S/C25H27N3O2S/c1-28(2)18-20-11-13-23(14-12-20)26-24(29)22-10-6-7-19(17-22)15-16-31-27-25(30)21-8-4-3-5-9-21/h3-14,17H,15-16,18H2,1-2H3,(H,26,29)(H,27,30). The number of rotatable bonds is 9. The van der Waals surface area contributed by atoms with Crippen molar-refractivity contribution in [3.8, 4) is 0 Å². The van der Waals surface area contributed by atoms with Gasteiger partial charge < -0.3 is 10.2 Å². The van der Waals surface area contributed by atoms with Gasteiger partial charge in [0, 0.05) is 29.1 Å². The van der Waals surface area contributed by atoms with Gasteiger partial charge in [-0.3, -0.25) is 14.3 Å². The molecule has 2 amide bonds. The number of aryl methyl sites for hydroxylation is 1. The Kier molecular flexibility index (Phi) is 8.27. The number of anilines is 1. The van der Waals surface area contributed by atoms with Gasteiger partial charge in [-0.2, -0.15) is 0 Å². The van der Waals surface area contributed by atoms with E-state index in [1.54, 1.807) is 12.1 Å². The molecule has 0 radical (unpaired) electrons. The van der Waals surface area contributed by atoms with E-state index in [2.05, 4.69) is 14.9 Å². The van der Waals surface area contributed by atoms with Crippen LogP contribution in [0.25, 0.3) is 0 Å². The van der Waals surface area contributed by atoms with E-state index in [0.717, 1.165) is 30.0 Å². The summed E-state index contributed by atoms with van der Waals surface area (Å²) in [6.07, 6.45) is 0.750. The van der Waals surface area contributed by atoms with E-state index < -0.39 is 0 Å². The average Bonchev–Trinajstić information content (AvgIpc) is 2.78. The van der Waals surface area contributed by atoms with Crippen LogP contribution in [0.2, 0.25) is 0 Å². The van der Waals surface area contributed by atoms with Gasteiger partial charge in [0.05, 0.1) is 0 Å². The number of amides is 2. The maximum atomic E-state index is 12.6. The Labute approximate surface area is 188 Å². The molecule has 0 heterocycles. The van der Waals surface area contributed by atoms with Crippen LogP contribution < -0.4 is 10.0 Å². The molecule has 0 unspecified atom stereocenters. The second-order valence-electron chi connectivity index (χ2n) is 7.48. The minimum atomic E-state index is -0.132. The topological polar surface area (TPSA) is 61.4 Å². The number of carbonyl (C=O) groups excluding carboxylic acids is 2. The lowest BCUT2D eigenvalue weighted by molar-refractivity contribution is 0.0982. The predicted molar refractivity (Wildman–Crippen MR) is 128 cm³/mol. The summed E-state index contributed by atoms with van der Waals surface area (Å²) in [6, 6.07) is 24.6. The predicted octanol–water partition coefficient (Wildman–Crippen LogP) is 4.62. The van der Waals surface area contributed by atoms with E-state index >= 15 is 0 Å². The van der Waals surface area contributed by atoms with Gasteiger partial charge in [0.1, 0.15) is 0 Å². The molecule has 0 spiro atoms. The van der Waals surface area contributed by atoms with Crippen LogP contribution in [-0.4, -0.2) is 36.6 Å². The molecule has 3 aromatic rings. The maximum Gasteiger partial charge on any atom is 0.261 e. The molecule has 31 heavy (non-hydrogen) atoms. The largest absolute Gasteiger partial charge is 0.322 e. The first-order chi connectivity index (χ1) is 15.0. The van der Waals surface area contributed by atoms with Gasteiger partial charge in [0.15, 0.2) is 0 Å². The zero-order valence-electron chi connectivity index (χ0n) is 17.8. The molecule has 0 fully saturated rings. The fourth-order valence-electron chi connectivity index (χ4n) is 3.06. The highest BCUT2D eigenvalue weighted by Gasteiger charge is 2.08. The van der Waals surface area contributed by atoms with Crippen LogP contribution in [0.15, 0.2) is 78.9 Å². The molecule has 0 bridgehead atoms. The minimum absolute atomic E-state index is 0.102. The summed E-state index contributed by atoms with van der Waals surface area (Å²) in [4.78, 5) is 26.8. The molecule has 5 nitrogen and oxygen atoms in total. The highest BCUT2D eigenvalue weighted by Crippen LogP contribution is 2.14. The van der Waals surface area contributed by atoms with Crippen molar-refractivity contribution in [2.24, 2.45) is 0 Å². The van der Waals surface area contributed by atoms with Crippen molar-refractivity contribution in [3.05, 3.63) is 101 Å². The van der Waals surface area contributed by atoms with E-state index in [9.17, 15) is 9.59 Å². The summed E-state index contributed by atoms with van der Waals surface area (Å²) in [5.74, 6) is 0.485. The molecule has 0 aliphatic heterocycles. The summed E-state index contributed by atoms with van der Waals surface area (Å²) >= 11 is 1.37. The van der Waals surface area contributed by atoms with Crippen molar-refractivity contribution < 1.29 is 9.59 Å². The van der Waals surface area contributed by atoms with Crippen molar-refractivity contribution in [2.75, 3.05) is 25.2 Å². The van der Waals surface area contributed by atoms with E-state index in [1.807, 2.05) is 80.8 Å². The summed E-state index contributed by atoms with van der Waals surface area (Å²) in [5, 5.41) is 2.95. The highest BCUT2D eigenvalue weighted by molar-refractivity contribution is 7.97. The van der Waals surface area contributed by atoms with Gasteiger partial charge in [-0.15, -0.1) is 0 Å². The Hall–Kier alpha value is -3.09. The summed E-state index contributed by atoms with van der Waals surface area (Å²) in [6.45, 7) is 0.861. The minimum Gasteiger partial charge on any atom is -0.322 e. The van der Waals surface area contributed by atoms with E-state index in [1.165, 1.54) is 17.5 Å². The third-order valence-electron chi connectivity index (χ3n) is 4.59. The Morgan fingerprint density at radius 1 is 0.806 bits per heavy atom. The van der Waals surface area contributed by atoms with Crippen LogP contribution in [0, 0.1) is 0 Å². The molecule has 6 heteroatoms. The first kappa shape index (κ1) is 22.6. The molecule has 2 N–H and O–H groups in total. The summed E-state index contributed by atoms with van der Waals surface area (Å²) < 4.78 is 2.85. The number of nitrogens with one attached hydrogen (secondary N) is 2. The molecule has 0 saturated heterocycles. The van der Waals surface area contributed by atoms with Crippen LogP contribution in [-0.2, 0) is 13.0 Å². The molecule has 0 atom stereocenters. The van der Waals surface area contributed by atoms with Crippen molar-refractivity contribution in [1.29, 1.82) is 0 Å². The SMILES string of the molecule is CN(C)Cc1ccc(NC(=O)c2cccc(CCSNC(=O)c3ccccc3)c2)cc1. The fourth-order valence-corrected chi connectivity index (χ4v) is 3.75. The number of nitrogens with zero attached hydrogens (tertiary/aromatic N) is 1. The first-order valence-electron chi connectivity index (χ1n) is 10.1. The monoisotopic (exact) mass is 433 g/mol. The van der Waals surface area contributed by atoms with E-state index in [0.29, 0.717) is 11.1 Å². The van der Waals surface area contributed by atoms with Crippen molar-refractivity contribution in [2.45, 2.75) is 13.0 Å². The zero-order valence-corrected chi connectivity index (χ0v) is 18.6. The molecular formula is C25H27N3O2S. The van der Waals surface area contributed by atoms with Crippen molar-refractivity contribution >= 4 is 29.4 Å². The molecule has 0 aliphatic carbocycles. The number of hydrogen-bond donors (Lipinski definition) is 2. The molecular weight excluding hydrogens is 406 g/mol. The molecule has 3 aromatic carbocycles. The van der Waals surface area contributed by atoms with Crippen LogP contribution in [0.5, 0.6) is 0 Å². The lowest BCUT2D eigenvalue weighted by Crippen LogP contribution is -2.16. The van der Waals surface area contributed by atoms with Gasteiger partial charge in [-0.25, -0.2) is 0 Å². The van der Waals surface area contributed by atoms with Gasteiger partial charge in [0.25, 0.3) is 11.8 Å². The van der Waals surface area contributed by atoms with E-state index in [4.69, 9.17) is 0 Å². The van der Waals surface area contributed by atoms with Crippen LogP contribution in [0.3, 0.4) is 0 Å². The number of carbonyl (C=O) groups is 2. The van der Waals surface area contributed by atoms with Crippen molar-refractivity contribution in [3.63, 3.8) is 0 Å².